The van der Waals surface area contributed by atoms with Crippen LogP contribution in [0.3, 0.4) is 0 Å². The Bertz CT molecular complexity index is 485. The monoisotopic (exact) mass is 267 g/mol. The molecule has 0 saturated carbocycles. The minimum Gasteiger partial charge on any atom is -0.271 e. The maximum atomic E-state index is 6.01. The van der Waals surface area contributed by atoms with Crippen LogP contribution < -0.4 is 11.3 Å². The van der Waals surface area contributed by atoms with Gasteiger partial charge in [0.15, 0.2) is 0 Å². The zero-order chi connectivity index (χ0) is 12.3. The summed E-state index contributed by atoms with van der Waals surface area (Å²) in [4.78, 5) is 4.27. The highest BCUT2D eigenvalue weighted by molar-refractivity contribution is 7.09. The molecule has 1 heterocycles. The second-order valence-corrected chi connectivity index (χ2v) is 5.24. The first-order valence-electron chi connectivity index (χ1n) is 5.31. The van der Waals surface area contributed by atoms with Crippen LogP contribution >= 0.6 is 22.9 Å². The van der Waals surface area contributed by atoms with E-state index in [9.17, 15) is 0 Å². The number of hydrogen-bond acceptors (Lipinski definition) is 4. The van der Waals surface area contributed by atoms with Gasteiger partial charge in [0, 0.05) is 23.0 Å². The zero-order valence-electron chi connectivity index (χ0n) is 9.48. The Morgan fingerprint density at radius 3 is 2.94 bits per heavy atom. The molecule has 0 fully saturated rings. The van der Waals surface area contributed by atoms with Crippen molar-refractivity contribution in [2.45, 2.75) is 19.4 Å². The molecule has 0 bridgehead atoms. The Kier molecular flexibility index (Phi) is 4.12. The maximum Gasteiger partial charge on any atom is 0.0944 e. The van der Waals surface area contributed by atoms with Gasteiger partial charge in [0.05, 0.1) is 11.0 Å². The Hall–Kier alpha value is -0.940. The molecule has 0 radical (unpaired) electrons. The third kappa shape index (κ3) is 3.04. The highest BCUT2D eigenvalue weighted by Gasteiger charge is 2.12. The number of benzene rings is 1. The summed E-state index contributed by atoms with van der Waals surface area (Å²) in [5.41, 5.74) is 5.01. The molecule has 2 aromatic rings. The van der Waals surface area contributed by atoms with Crippen LogP contribution in [0.5, 0.6) is 0 Å². The highest BCUT2D eigenvalue weighted by atomic mass is 35.5. The van der Waals surface area contributed by atoms with E-state index in [-0.39, 0.29) is 6.04 Å². The number of rotatable bonds is 4. The van der Waals surface area contributed by atoms with Crippen LogP contribution in [0.2, 0.25) is 5.02 Å². The zero-order valence-corrected chi connectivity index (χ0v) is 11.1. The number of hydrogen-bond donors (Lipinski definition) is 2. The number of thiazole rings is 1. The molecule has 90 valence electrons. The van der Waals surface area contributed by atoms with Crippen molar-refractivity contribution < 1.29 is 0 Å². The molecule has 3 nitrogen and oxygen atoms in total. The van der Waals surface area contributed by atoms with E-state index in [1.54, 1.807) is 17.5 Å². The van der Waals surface area contributed by atoms with Crippen LogP contribution in [0, 0.1) is 6.92 Å². The summed E-state index contributed by atoms with van der Waals surface area (Å²) in [6, 6.07) is 6.02. The van der Waals surface area contributed by atoms with Gasteiger partial charge in [-0.05, 0) is 24.1 Å². The first kappa shape index (κ1) is 12.5. The second kappa shape index (κ2) is 5.60. The second-order valence-electron chi connectivity index (χ2n) is 3.86. The molecule has 0 aliphatic rings. The number of nitrogens with one attached hydrogen (secondary N) is 1. The van der Waals surface area contributed by atoms with Gasteiger partial charge < -0.3 is 0 Å². The SMILES string of the molecule is Cc1cc(C(Cc2nccs2)NN)ccc1Cl. The van der Waals surface area contributed by atoms with Crippen molar-refractivity contribution in [1.29, 1.82) is 0 Å². The molecular weight excluding hydrogens is 254 g/mol. The fourth-order valence-corrected chi connectivity index (χ4v) is 2.47. The van der Waals surface area contributed by atoms with Gasteiger partial charge >= 0.3 is 0 Å². The fraction of sp³-hybridized carbons (Fsp3) is 0.250. The van der Waals surface area contributed by atoms with Crippen LogP contribution in [0.15, 0.2) is 29.8 Å². The largest absolute Gasteiger partial charge is 0.271 e. The maximum absolute atomic E-state index is 6.01. The van der Waals surface area contributed by atoms with E-state index in [0.717, 1.165) is 27.6 Å². The predicted molar refractivity (Wildman–Crippen MR) is 72.1 cm³/mol. The molecule has 0 aliphatic carbocycles. The van der Waals surface area contributed by atoms with E-state index < -0.39 is 0 Å². The standard InChI is InChI=1S/C12H14ClN3S/c1-8-6-9(2-3-10(8)13)11(16-14)7-12-15-4-5-17-12/h2-6,11,16H,7,14H2,1H3. The first-order valence-corrected chi connectivity index (χ1v) is 6.57. The molecule has 1 atom stereocenters. The average molecular weight is 268 g/mol. The molecule has 0 spiro atoms. The summed E-state index contributed by atoms with van der Waals surface area (Å²) in [6.45, 7) is 1.99. The van der Waals surface area contributed by atoms with Gasteiger partial charge in [-0.15, -0.1) is 11.3 Å². The molecule has 0 saturated heterocycles. The van der Waals surface area contributed by atoms with Gasteiger partial charge in [0.25, 0.3) is 0 Å². The van der Waals surface area contributed by atoms with Gasteiger partial charge in [-0.1, -0.05) is 23.7 Å². The van der Waals surface area contributed by atoms with Gasteiger partial charge in [-0.3, -0.25) is 11.3 Å². The van der Waals surface area contributed by atoms with Crippen molar-refractivity contribution in [3.63, 3.8) is 0 Å². The molecule has 5 heteroatoms. The summed E-state index contributed by atoms with van der Waals surface area (Å²) in [5.74, 6) is 5.60. The molecule has 1 aromatic heterocycles. The number of nitrogens with two attached hydrogens (primary N) is 1. The van der Waals surface area contributed by atoms with Crippen molar-refractivity contribution >= 4 is 22.9 Å². The normalized spacial score (nSPS) is 12.6. The van der Waals surface area contributed by atoms with E-state index in [4.69, 9.17) is 17.4 Å². The van der Waals surface area contributed by atoms with Crippen molar-refractivity contribution in [2.75, 3.05) is 0 Å². The van der Waals surface area contributed by atoms with E-state index >= 15 is 0 Å². The molecule has 0 aliphatic heterocycles. The van der Waals surface area contributed by atoms with Crippen LogP contribution in [-0.2, 0) is 6.42 Å². The number of aromatic nitrogens is 1. The predicted octanol–water partition coefficient (Wildman–Crippen LogP) is 2.85. The number of nitrogens with zero attached hydrogens (tertiary/aromatic N) is 1. The molecule has 2 rings (SSSR count). The molecule has 1 aromatic carbocycles. The fourth-order valence-electron chi connectivity index (χ4n) is 1.69. The minimum atomic E-state index is 0.0668. The lowest BCUT2D eigenvalue weighted by atomic mass is 10.0. The van der Waals surface area contributed by atoms with Crippen molar-refractivity contribution in [2.24, 2.45) is 5.84 Å². The number of hydrazine groups is 1. The smallest absolute Gasteiger partial charge is 0.0944 e. The van der Waals surface area contributed by atoms with Crippen LogP contribution in [0.1, 0.15) is 22.2 Å². The minimum absolute atomic E-state index is 0.0668. The quantitative estimate of drug-likeness (QED) is 0.662. The van der Waals surface area contributed by atoms with E-state index in [0.29, 0.717) is 0 Å². The molecule has 3 N–H and O–H groups in total. The van der Waals surface area contributed by atoms with Crippen LogP contribution in [-0.4, -0.2) is 4.98 Å². The summed E-state index contributed by atoms with van der Waals surface area (Å²) in [5, 5.41) is 3.81. The van der Waals surface area contributed by atoms with Gasteiger partial charge in [-0.2, -0.15) is 0 Å². The number of aryl methyl sites for hydroxylation is 1. The van der Waals surface area contributed by atoms with E-state index in [1.165, 1.54) is 0 Å². The summed E-state index contributed by atoms with van der Waals surface area (Å²) in [7, 11) is 0. The summed E-state index contributed by atoms with van der Waals surface area (Å²) in [6.07, 6.45) is 2.59. The Morgan fingerprint density at radius 1 is 1.53 bits per heavy atom. The summed E-state index contributed by atoms with van der Waals surface area (Å²) < 4.78 is 0. The molecular formula is C12H14ClN3S. The van der Waals surface area contributed by atoms with E-state index in [2.05, 4.69) is 16.5 Å². The Labute approximate surface area is 110 Å². The van der Waals surface area contributed by atoms with Crippen molar-refractivity contribution in [1.82, 2.24) is 10.4 Å². The number of halogens is 1. The lowest BCUT2D eigenvalue weighted by Gasteiger charge is -2.16. The molecule has 1 unspecified atom stereocenters. The third-order valence-corrected chi connectivity index (χ3v) is 3.87. The summed E-state index contributed by atoms with van der Waals surface area (Å²) >= 11 is 7.65. The van der Waals surface area contributed by atoms with Gasteiger partial charge in [0.2, 0.25) is 0 Å². The van der Waals surface area contributed by atoms with E-state index in [1.807, 2.05) is 24.4 Å². The lowest BCUT2D eigenvalue weighted by Crippen LogP contribution is -2.29. The Balaban J connectivity index is 2.20. The van der Waals surface area contributed by atoms with Crippen molar-refractivity contribution in [3.8, 4) is 0 Å². The van der Waals surface area contributed by atoms with Gasteiger partial charge in [-0.25, -0.2) is 4.98 Å². The highest BCUT2D eigenvalue weighted by Crippen LogP contribution is 2.23. The van der Waals surface area contributed by atoms with Crippen LogP contribution in [0.4, 0.5) is 0 Å². The van der Waals surface area contributed by atoms with Gasteiger partial charge in [0.1, 0.15) is 0 Å². The third-order valence-electron chi connectivity index (χ3n) is 2.65. The first-order chi connectivity index (χ1) is 8.20. The average Bonchev–Trinajstić information content (AvgIpc) is 2.82. The topological polar surface area (TPSA) is 50.9 Å². The lowest BCUT2D eigenvalue weighted by molar-refractivity contribution is 0.550. The van der Waals surface area contributed by atoms with Crippen molar-refractivity contribution in [3.05, 3.63) is 50.9 Å². The molecule has 17 heavy (non-hydrogen) atoms. The van der Waals surface area contributed by atoms with Crippen LogP contribution in [0.25, 0.3) is 0 Å². The molecule has 0 amide bonds. The Morgan fingerprint density at radius 2 is 2.35 bits per heavy atom.